The number of halogens is 3. The Bertz CT molecular complexity index is 1530. The number of fused-ring (bicyclic) bond motifs is 3. The molecule has 0 spiro atoms. The molecule has 0 aromatic carbocycles. The molecule has 13 heteroatoms. The van der Waals surface area contributed by atoms with Gasteiger partial charge in [0.15, 0.2) is 0 Å². The second kappa shape index (κ2) is 10.0. The number of aromatic nitrogens is 5. The van der Waals surface area contributed by atoms with Crippen molar-refractivity contribution in [3.63, 3.8) is 0 Å². The van der Waals surface area contributed by atoms with Gasteiger partial charge in [0, 0.05) is 44.0 Å². The lowest BCUT2D eigenvalue weighted by Crippen LogP contribution is -2.47. The molecular weight excluding hydrogens is 513 g/mol. The van der Waals surface area contributed by atoms with Crippen molar-refractivity contribution in [2.75, 3.05) is 51.7 Å². The van der Waals surface area contributed by atoms with Crippen LogP contribution in [-0.4, -0.2) is 86.1 Å². The summed E-state index contributed by atoms with van der Waals surface area (Å²) >= 11 is 0. The van der Waals surface area contributed by atoms with Gasteiger partial charge in [0.25, 0.3) is 0 Å². The Morgan fingerprint density at radius 2 is 1.79 bits per heavy atom. The molecule has 4 aromatic heterocycles. The number of likely N-dealkylation sites (tertiary alicyclic amines) is 1. The van der Waals surface area contributed by atoms with E-state index in [1.54, 1.807) is 24.7 Å². The maximum Gasteiger partial charge on any atom is 0.419 e. The van der Waals surface area contributed by atoms with E-state index in [0.717, 1.165) is 37.5 Å². The number of alkyl halides is 3. The molecule has 10 nitrogen and oxygen atoms in total. The molecule has 204 valence electrons. The van der Waals surface area contributed by atoms with Gasteiger partial charge in [-0.3, -0.25) is 14.7 Å². The molecule has 0 bridgehead atoms. The minimum absolute atomic E-state index is 0.129. The molecule has 2 fully saturated rings. The molecule has 2 saturated heterocycles. The van der Waals surface area contributed by atoms with Crippen LogP contribution in [0.3, 0.4) is 0 Å². The van der Waals surface area contributed by atoms with Crippen molar-refractivity contribution >= 4 is 33.8 Å². The van der Waals surface area contributed by atoms with Crippen LogP contribution < -0.4 is 5.73 Å². The lowest BCUT2D eigenvalue weighted by molar-refractivity contribution is -0.137. The first-order chi connectivity index (χ1) is 18.8. The summed E-state index contributed by atoms with van der Waals surface area (Å²) in [6.45, 7) is 4.35. The predicted octanol–water partition coefficient (Wildman–Crippen LogP) is 3.14. The minimum atomic E-state index is -4.63. The molecule has 6 heterocycles. The average molecular weight is 541 g/mol. The molecule has 0 radical (unpaired) electrons. The second-order valence-corrected chi connectivity index (χ2v) is 9.86. The number of rotatable bonds is 4. The number of piperidine rings is 1. The molecule has 0 atom stereocenters. The van der Waals surface area contributed by atoms with Crippen LogP contribution in [0.2, 0.25) is 0 Å². The lowest BCUT2D eigenvalue weighted by atomic mass is 10.0. The highest BCUT2D eigenvalue weighted by atomic mass is 19.4. The van der Waals surface area contributed by atoms with Gasteiger partial charge < -0.3 is 19.9 Å². The van der Waals surface area contributed by atoms with Gasteiger partial charge in [0.05, 0.1) is 54.6 Å². The van der Waals surface area contributed by atoms with Crippen LogP contribution in [0.25, 0.3) is 33.3 Å². The number of nitrogens with two attached hydrogens (primary N) is 1. The van der Waals surface area contributed by atoms with Gasteiger partial charge in [-0.15, -0.1) is 0 Å². The highest BCUT2D eigenvalue weighted by molar-refractivity contribution is 6.00. The third-order valence-corrected chi connectivity index (χ3v) is 7.44. The van der Waals surface area contributed by atoms with Crippen LogP contribution in [-0.2, 0) is 15.7 Å². The van der Waals surface area contributed by atoms with E-state index in [1.165, 1.54) is 6.20 Å². The second-order valence-electron chi connectivity index (χ2n) is 9.86. The molecule has 1 amide bonds. The minimum Gasteiger partial charge on any atom is -0.383 e. The van der Waals surface area contributed by atoms with Gasteiger partial charge in [-0.1, -0.05) is 0 Å². The fourth-order valence-corrected chi connectivity index (χ4v) is 5.31. The predicted molar refractivity (Wildman–Crippen MR) is 138 cm³/mol. The van der Waals surface area contributed by atoms with Crippen LogP contribution in [0.5, 0.6) is 0 Å². The maximum atomic E-state index is 13.4. The maximum absolute atomic E-state index is 13.4. The Balaban J connectivity index is 1.27. The molecule has 4 aromatic rings. The van der Waals surface area contributed by atoms with Crippen molar-refractivity contribution < 1.29 is 22.7 Å². The van der Waals surface area contributed by atoms with E-state index in [2.05, 4.69) is 24.4 Å². The van der Waals surface area contributed by atoms with E-state index in [4.69, 9.17) is 15.5 Å². The van der Waals surface area contributed by atoms with Gasteiger partial charge in [-0.2, -0.15) is 13.2 Å². The molecule has 2 aliphatic heterocycles. The van der Waals surface area contributed by atoms with Crippen LogP contribution in [0.1, 0.15) is 24.4 Å². The van der Waals surface area contributed by atoms with Crippen molar-refractivity contribution in [1.29, 1.82) is 0 Å². The van der Waals surface area contributed by atoms with Crippen LogP contribution >= 0.6 is 0 Å². The molecule has 0 aliphatic carbocycles. The van der Waals surface area contributed by atoms with E-state index >= 15 is 0 Å². The number of hydrogen-bond acceptors (Lipinski definition) is 8. The molecule has 39 heavy (non-hydrogen) atoms. The number of carbonyl (C=O) groups excluding carboxylic acids is 1. The standard InChI is InChI=1S/C26H27F3N8O2/c27-26(28,29)18-11-16(12-32-25(18)30)19-1-2-20-23(34-19)24-21(13-31-20)33-15-37(24)17-3-5-35(6-4-17)14-22(38)36-7-9-39-10-8-36/h1-2,11-13,15,17H,3-10,14H2,(H2,30,32). The smallest absolute Gasteiger partial charge is 0.383 e. The molecular formula is C26H27F3N8O2. The number of nitrogen functional groups attached to an aromatic ring is 1. The number of pyridine rings is 3. The Hall–Kier alpha value is -3.84. The summed E-state index contributed by atoms with van der Waals surface area (Å²) in [4.78, 5) is 34.1. The summed E-state index contributed by atoms with van der Waals surface area (Å²) in [6, 6.07) is 4.46. The Kier molecular flexibility index (Phi) is 6.55. The molecule has 6 rings (SSSR count). The van der Waals surface area contributed by atoms with Crippen molar-refractivity contribution in [2.45, 2.75) is 25.1 Å². The first-order valence-electron chi connectivity index (χ1n) is 12.8. The van der Waals surface area contributed by atoms with Gasteiger partial charge in [-0.05, 0) is 31.0 Å². The SMILES string of the molecule is Nc1ncc(-c2ccc3ncc4ncn(C5CCN(CC(=O)N6CCOCC6)CC5)c4c3n2)cc1C(F)(F)F. The van der Waals surface area contributed by atoms with E-state index in [0.29, 0.717) is 55.1 Å². The monoisotopic (exact) mass is 540 g/mol. The molecule has 0 unspecified atom stereocenters. The number of carbonyl (C=O) groups is 1. The number of imidazole rings is 1. The Morgan fingerprint density at radius 1 is 1.03 bits per heavy atom. The van der Waals surface area contributed by atoms with E-state index < -0.39 is 17.6 Å². The first kappa shape index (κ1) is 25.4. The third kappa shape index (κ3) is 4.99. The van der Waals surface area contributed by atoms with Crippen LogP contribution in [0, 0.1) is 0 Å². The summed E-state index contributed by atoms with van der Waals surface area (Å²) in [5, 5.41) is 0. The Labute approximate surface area is 221 Å². The fourth-order valence-electron chi connectivity index (χ4n) is 5.31. The van der Waals surface area contributed by atoms with Crippen molar-refractivity contribution in [1.82, 2.24) is 34.3 Å². The number of nitrogens with zero attached hydrogens (tertiary/aromatic N) is 7. The average Bonchev–Trinajstić information content (AvgIpc) is 3.38. The van der Waals surface area contributed by atoms with E-state index in [1.807, 2.05) is 4.90 Å². The largest absolute Gasteiger partial charge is 0.419 e. The number of morpholine rings is 1. The van der Waals surface area contributed by atoms with Crippen molar-refractivity contribution in [3.05, 3.63) is 42.5 Å². The molecule has 2 aliphatic rings. The molecule has 0 saturated carbocycles. The van der Waals surface area contributed by atoms with Gasteiger partial charge in [0.2, 0.25) is 5.91 Å². The summed E-state index contributed by atoms with van der Waals surface area (Å²) in [5.41, 5.74) is 7.62. The van der Waals surface area contributed by atoms with E-state index in [9.17, 15) is 18.0 Å². The summed E-state index contributed by atoms with van der Waals surface area (Å²) in [6.07, 6.45) is 1.75. The lowest BCUT2D eigenvalue weighted by Gasteiger charge is -2.34. The highest BCUT2D eigenvalue weighted by Gasteiger charge is 2.34. The third-order valence-electron chi connectivity index (χ3n) is 7.44. The number of anilines is 1. The number of amides is 1. The Morgan fingerprint density at radius 3 is 2.54 bits per heavy atom. The highest BCUT2D eigenvalue weighted by Crippen LogP contribution is 2.36. The van der Waals surface area contributed by atoms with Gasteiger partial charge in [-0.25, -0.2) is 15.0 Å². The fraction of sp³-hybridized carbons (Fsp3) is 0.423. The topological polar surface area (TPSA) is 115 Å². The van der Waals surface area contributed by atoms with Crippen LogP contribution in [0.4, 0.5) is 19.0 Å². The number of ether oxygens (including phenoxy) is 1. The van der Waals surface area contributed by atoms with Crippen molar-refractivity contribution in [3.8, 4) is 11.3 Å². The summed E-state index contributed by atoms with van der Waals surface area (Å²) < 4.78 is 47.7. The summed E-state index contributed by atoms with van der Waals surface area (Å²) in [5.74, 6) is -0.448. The quantitative estimate of drug-likeness (QED) is 0.420. The van der Waals surface area contributed by atoms with Gasteiger partial charge >= 0.3 is 6.18 Å². The number of hydrogen-bond donors (Lipinski definition) is 1. The van der Waals surface area contributed by atoms with E-state index in [-0.39, 0.29) is 17.5 Å². The summed E-state index contributed by atoms with van der Waals surface area (Å²) in [7, 11) is 0. The molecule has 2 N–H and O–H groups in total. The normalized spacial score (nSPS) is 17.8. The van der Waals surface area contributed by atoms with Crippen LogP contribution in [0.15, 0.2) is 36.9 Å². The zero-order chi connectivity index (χ0) is 27.1. The van der Waals surface area contributed by atoms with Crippen molar-refractivity contribution in [2.24, 2.45) is 0 Å². The zero-order valence-electron chi connectivity index (χ0n) is 21.1. The zero-order valence-corrected chi connectivity index (χ0v) is 21.1. The first-order valence-corrected chi connectivity index (χ1v) is 12.8. The van der Waals surface area contributed by atoms with Gasteiger partial charge in [0.1, 0.15) is 16.9 Å².